The minimum atomic E-state index is -3.39. The zero-order chi connectivity index (χ0) is 13.5. The van der Waals surface area contributed by atoms with Gasteiger partial charge in [0.1, 0.15) is 0 Å². The molecule has 0 aromatic carbocycles. The fourth-order valence-corrected chi connectivity index (χ4v) is 1.43. The summed E-state index contributed by atoms with van der Waals surface area (Å²) in [5.74, 6) is -1.90. The molecule has 17 heavy (non-hydrogen) atoms. The standard InChI is InChI=1S/C8H17N3O5S/c1-3-16-8(13)6(9)7(12)11-4-5-17(14,15)10-2/h6,10H,3-5,9H2,1-2H3,(H,11,12). The minimum Gasteiger partial charge on any atom is -0.464 e. The summed E-state index contributed by atoms with van der Waals surface area (Å²) >= 11 is 0. The highest BCUT2D eigenvalue weighted by Gasteiger charge is 2.23. The molecule has 1 unspecified atom stereocenters. The van der Waals surface area contributed by atoms with Crippen molar-refractivity contribution in [2.24, 2.45) is 5.73 Å². The van der Waals surface area contributed by atoms with Gasteiger partial charge in [-0.2, -0.15) is 0 Å². The molecule has 0 bridgehead atoms. The molecule has 100 valence electrons. The van der Waals surface area contributed by atoms with E-state index >= 15 is 0 Å². The van der Waals surface area contributed by atoms with Crippen LogP contribution < -0.4 is 15.8 Å². The van der Waals surface area contributed by atoms with E-state index in [2.05, 4.69) is 14.8 Å². The Labute approximate surface area is 99.9 Å². The lowest BCUT2D eigenvalue weighted by molar-refractivity contribution is -0.147. The van der Waals surface area contributed by atoms with Crippen LogP contribution in [0.4, 0.5) is 0 Å². The number of nitrogens with one attached hydrogen (secondary N) is 2. The smallest absolute Gasteiger partial charge is 0.332 e. The lowest BCUT2D eigenvalue weighted by Gasteiger charge is -2.10. The van der Waals surface area contributed by atoms with Crippen LogP contribution in [0, 0.1) is 0 Å². The number of nitrogens with two attached hydrogens (primary N) is 1. The molecule has 0 spiro atoms. The molecule has 9 heteroatoms. The van der Waals surface area contributed by atoms with Crippen molar-refractivity contribution in [3.8, 4) is 0 Å². The summed E-state index contributed by atoms with van der Waals surface area (Å²) in [5.41, 5.74) is 5.28. The topological polar surface area (TPSA) is 128 Å². The molecule has 0 radical (unpaired) electrons. The summed E-state index contributed by atoms with van der Waals surface area (Å²) < 4.78 is 28.6. The minimum absolute atomic E-state index is 0.119. The van der Waals surface area contributed by atoms with Gasteiger partial charge in [-0.25, -0.2) is 17.9 Å². The predicted octanol–water partition coefficient (Wildman–Crippen LogP) is -2.46. The Morgan fingerprint density at radius 3 is 2.47 bits per heavy atom. The zero-order valence-corrected chi connectivity index (χ0v) is 10.5. The van der Waals surface area contributed by atoms with Crippen LogP contribution in [-0.2, 0) is 24.3 Å². The Hall–Kier alpha value is -1.19. The van der Waals surface area contributed by atoms with E-state index in [1.807, 2.05) is 0 Å². The molecule has 0 saturated heterocycles. The SMILES string of the molecule is CCOC(=O)C(N)C(=O)NCCS(=O)(=O)NC. The summed E-state index contributed by atoms with van der Waals surface area (Å²) in [5, 5.41) is 2.23. The third-order valence-electron chi connectivity index (χ3n) is 1.80. The Kier molecular flexibility index (Phi) is 6.69. The van der Waals surface area contributed by atoms with Crippen LogP contribution >= 0.6 is 0 Å². The first kappa shape index (κ1) is 15.8. The van der Waals surface area contributed by atoms with E-state index in [9.17, 15) is 18.0 Å². The van der Waals surface area contributed by atoms with Crippen molar-refractivity contribution in [1.82, 2.24) is 10.0 Å². The highest BCUT2D eigenvalue weighted by atomic mass is 32.2. The first-order valence-electron chi connectivity index (χ1n) is 4.95. The molecule has 0 saturated carbocycles. The van der Waals surface area contributed by atoms with E-state index in [-0.39, 0.29) is 18.9 Å². The van der Waals surface area contributed by atoms with Crippen LogP contribution in [0.1, 0.15) is 6.92 Å². The van der Waals surface area contributed by atoms with Gasteiger partial charge in [-0.1, -0.05) is 0 Å². The maximum Gasteiger partial charge on any atom is 0.332 e. The molecule has 4 N–H and O–H groups in total. The Bertz CT molecular complexity index is 367. The molecule has 0 heterocycles. The molecule has 0 rings (SSSR count). The van der Waals surface area contributed by atoms with E-state index < -0.39 is 27.9 Å². The molecular weight excluding hydrogens is 250 g/mol. The predicted molar refractivity (Wildman–Crippen MR) is 60.5 cm³/mol. The molecule has 1 atom stereocenters. The normalized spacial score (nSPS) is 12.9. The molecule has 0 aliphatic rings. The van der Waals surface area contributed by atoms with E-state index in [1.165, 1.54) is 7.05 Å². The average Bonchev–Trinajstić information content (AvgIpc) is 2.28. The monoisotopic (exact) mass is 267 g/mol. The van der Waals surface area contributed by atoms with Gasteiger partial charge in [0.25, 0.3) is 0 Å². The molecule has 0 aromatic heterocycles. The van der Waals surface area contributed by atoms with Gasteiger partial charge in [0.2, 0.25) is 15.9 Å². The fraction of sp³-hybridized carbons (Fsp3) is 0.750. The second kappa shape index (κ2) is 7.20. The number of esters is 1. The number of hydrogen-bond donors (Lipinski definition) is 3. The second-order valence-electron chi connectivity index (χ2n) is 3.04. The summed E-state index contributed by atoms with van der Waals surface area (Å²) in [4.78, 5) is 22.3. The number of carbonyl (C=O) groups excluding carboxylic acids is 2. The van der Waals surface area contributed by atoms with Crippen LogP contribution in [0.2, 0.25) is 0 Å². The molecule has 0 aromatic rings. The van der Waals surface area contributed by atoms with Crippen molar-refractivity contribution in [3.05, 3.63) is 0 Å². The van der Waals surface area contributed by atoms with Crippen molar-refractivity contribution in [2.45, 2.75) is 13.0 Å². The fourth-order valence-electron chi connectivity index (χ4n) is 0.860. The van der Waals surface area contributed by atoms with Gasteiger partial charge in [0.05, 0.1) is 12.4 Å². The van der Waals surface area contributed by atoms with Gasteiger partial charge in [-0.05, 0) is 14.0 Å². The first-order valence-corrected chi connectivity index (χ1v) is 6.60. The molecule has 8 nitrogen and oxygen atoms in total. The van der Waals surface area contributed by atoms with E-state index in [1.54, 1.807) is 6.92 Å². The highest BCUT2D eigenvalue weighted by molar-refractivity contribution is 7.89. The van der Waals surface area contributed by atoms with Crippen LogP contribution in [0.15, 0.2) is 0 Å². The van der Waals surface area contributed by atoms with Crippen molar-refractivity contribution in [1.29, 1.82) is 0 Å². The molecular formula is C8H17N3O5S. The maximum atomic E-state index is 11.3. The quantitative estimate of drug-likeness (QED) is 0.347. The zero-order valence-electron chi connectivity index (χ0n) is 9.73. The lowest BCUT2D eigenvalue weighted by Crippen LogP contribution is -2.48. The van der Waals surface area contributed by atoms with Crippen LogP contribution in [0.25, 0.3) is 0 Å². The van der Waals surface area contributed by atoms with Crippen LogP contribution in [-0.4, -0.2) is 52.3 Å². The average molecular weight is 267 g/mol. The Morgan fingerprint density at radius 1 is 1.41 bits per heavy atom. The van der Waals surface area contributed by atoms with Gasteiger partial charge in [0.15, 0.2) is 6.04 Å². The van der Waals surface area contributed by atoms with E-state index in [0.717, 1.165) is 0 Å². The number of sulfonamides is 1. The summed E-state index contributed by atoms with van der Waals surface area (Å²) in [6.45, 7) is 1.57. The summed E-state index contributed by atoms with van der Waals surface area (Å²) in [6, 6.07) is -1.44. The third kappa shape index (κ3) is 6.19. The molecule has 0 aliphatic carbocycles. The molecule has 0 aliphatic heterocycles. The second-order valence-corrected chi connectivity index (χ2v) is 5.09. The van der Waals surface area contributed by atoms with Gasteiger partial charge in [-0.3, -0.25) is 4.79 Å². The van der Waals surface area contributed by atoms with Gasteiger partial charge in [-0.15, -0.1) is 0 Å². The Morgan fingerprint density at radius 2 is 2.00 bits per heavy atom. The van der Waals surface area contributed by atoms with Crippen LogP contribution in [0.3, 0.4) is 0 Å². The van der Waals surface area contributed by atoms with E-state index in [0.29, 0.717) is 0 Å². The summed E-state index contributed by atoms with van der Waals surface area (Å²) in [6.07, 6.45) is 0. The third-order valence-corrected chi connectivity index (χ3v) is 3.17. The number of carbonyl (C=O) groups is 2. The van der Waals surface area contributed by atoms with Crippen molar-refractivity contribution in [3.63, 3.8) is 0 Å². The number of rotatable bonds is 7. The number of ether oxygens (including phenoxy) is 1. The van der Waals surface area contributed by atoms with Gasteiger partial charge in [0, 0.05) is 6.54 Å². The lowest BCUT2D eigenvalue weighted by atomic mass is 10.3. The largest absolute Gasteiger partial charge is 0.464 e. The van der Waals surface area contributed by atoms with Crippen molar-refractivity contribution in [2.75, 3.05) is 26.0 Å². The number of amides is 1. The maximum absolute atomic E-state index is 11.3. The molecule has 0 fully saturated rings. The van der Waals surface area contributed by atoms with Crippen molar-refractivity contribution < 1.29 is 22.7 Å². The summed E-state index contributed by atoms with van der Waals surface area (Å²) in [7, 11) is -2.13. The van der Waals surface area contributed by atoms with Crippen LogP contribution in [0.5, 0.6) is 0 Å². The van der Waals surface area contributed by atoms with E-state index in [4.69, 9.17) is 5.73 Å². The number of hydrogen-bond acceptors (Lipinski definition) is 6. The van der Waals surface area contributed by atoms with Gasteiger partial charge < -0.3 is 15.8 Å². The van der Waals surface area contributed by atoms with Crippen molar-refractivity contribution >= 4 is 21.9 Å². The Balaban J connectivity index is 4.07. The first-order chi connectivity index (χ1) is 7.84. The van der Waals surface area contributed by atoms with Gasteiger partial charge >= 0.3 is 5.97 Å². The molecule has 1 amide bonds. The highest BCUT2D eigenvalue weighted by Crippen LogP contribution is 1.87.